The second kappa shape index (κ2) is 6.79. The summed E-state index contributed by atoms with van der Waals surface area (Å²) in [6.45, 7) is 0.752. The van der Waals surface area contributed by atoms with E-state index in [4.69, 9.17) is 4.42 Å². The number of carbonyl (C=O) groups excluding carboxylic acids is 2. The van der Waals surface area contributed by atoms with E-state index in [1.165, 1.54) is 11.0 Å². The molecule has 0 saturated carbocycles. The van der Waals surface area contributed by atoms with Crippen LogP contribution < -0.4 is 5.32 Å². The lowest BCUT2D eigenvalue weighted by molar-refractivity contribution is -0.128. The molecule has 0 radical (unpaired) electrons. The Morgan fingerprint density at radius 3 is 3.00 bits per heavy atom. The van der Waals surface area contributed by atoms with Gasteiger partial charge in [-0.05, 0) is 40.8 Å². The lowest BCUT2D eigenvalue weighted by atomic mass is 10.1. The van der Waals surface area contributed by atoms with Crippen LogP contribution in [0.3, 0.4) is 0 Å². The Morgan fingerprint density at radius 1 is 1.31 bits per heavy atom. The molecule has 0 aliphatic carbocycles. The number of nitrogens with one attached hydrogen (secondary N) is 1. The molecule has 2 amide bonds. The van der Waals surface area contributed by atoms with Crippen LogP contribution in [0.25, 0.3) is 5.69 Å². The summed E-state index contributed by atoms with van der Waals surface area (Å²) in [5.74, 6) is 0.0702. The van der Waals surface area contributed by atoms with E-state index in [1.54, 1.807) is 35.4 Å². The molecule has 9 nitrogen and oxygen atoms in total. The molecule has 1 aliphatic heterocycles. The van der Waals surface area contributed by atoms with Gasteiger partial charge in [0.2, 0.25) is 11.8 Å². The standard InChI is InChI=1S/C17H16N6O3/c24-16-7-12(9-22(16)10-15-5-2-6-26-15)17(25)19-13-3-1-4-14(8-13)23-11-18-20-21-23/h1-6,8,11-12H,7,9-10H2,(H,19,25)/t12-/m0/s1. The zero-order valence-electron chi connectivity index (χ0n) is 13.8. The largest absolute Gasteiger partial charge is 0.467 e. The summed E-state index contributed by atoms with van der Waals surface area (Å²) in [4.78, 5) is 26.3. The van der Waals surface area contributed by atoms with Gasteiger partial charge in [-0.1, -0.05) is 6.07 Å². The molecule has 132 valence electrons. The van der Waals surface area contributed by atoms with Crippen LogP contribution in [-0.4, -0.2) is 43.5 Å². The molecular weight excluding hydrogens is 336 g/mol. The quantitative estimate of drug-likeness (QED) is 0.740. The molecule has 1 atom stereocenters. The first kappa shape index (κ1) is 16.0. The molecule has 3 heterocycles. The number of anilines is 1. The lowest BCUT2D eigenvalue weighted by Gasteiger charge is -2.15. The molecular formula is C17H16N6O3. The Balaban J connectivity index is 1.41. The predicted octanol–water partition coefficient (Wildman–Crippen LogP) is 1.24. The minimum Gasteiger partial charge on any atom is -0.467 e. The minimum absolute atomic E-state index is 0.0519. The van der Waals surface area contributed by atoms with Gasteiger partial charge in [0.05, 0.1) is 24.4 Å². The number of rotatable bonds is 5. The summed E-state index contributed by atoms with van der Waals surface area (Å²) >= 11 is 0. The molecule has 9 heteroatoms. The van der Waals surface area contributed by atoms with Gasteiger partial charge in [-0.15, -0.1) is 5.10 Å². The van der Waals surface area contributed by atoms with Crippen LogP contribution in [0.2, 0.25) is 0 Å². The van der Waals surface area contributed by atoms with Gasteiger partial charge in [0.1, 0.15) is 12.1 Å². The summed E-state index contributed by atoms with van der Waals surface area (Å²) in [6.07, 6.45) is 3.24. The van der Waals surface area contributed by atoms with Gasteiger partial charge in [-0.3, -0.25) is 9.59 Å². The number of benzene rings is 1. The number of hydrogen-bond acceptors (Lipinski definition) is 6. The second-order valence-corrected chi connectivity index (χ2v) is 6.05. The average Bonchev–Trinajstić information content (AvgIpc) is 3.38. The van der Waals surface area contributed by atoms with Crippen molar-refractivity contribution in [1.82, 2.24) is 25.1 Å². The summed E-state index contributed by atoms with van der Waals surface area (Å²) in [5.41, 5.74) is 1.36. The number of likely N-dealkylation sites (tertiary alicyclic amines) is 1. The van der Waals surface area contributed by atoms with Crippen LogP contribution >= 0.6 is 0 Å². The fourth-order valence-electron chi connectivity index (χ4n) is 2.94. The monoisotopic (exact) mass is 352 g/mol. The van der Waals surface area contributed by atoms with Gasteiger partial charge in [-0.25, -0.2) is 4.68 Å². The molecule has 1 aromatic carbocycles. The molecule has 1 fully saturated rings. The summed E-state index contributed by atoms with van der Waals surface area (Å²) in [5, 5.41) is 13.9. The third-order valence-electron chi connectivity index (χ3n) is 4.24. The third-order valence-corrected chi connectivity index (χ3v) is 4.24. The van der Waals surface area contributed by atoms with E-state index in [-0.39, 0.29) is 18.2 Å². The van der Waals surface area contributed by atoms with E-state index in [2.05, 4.69) is 20.8 Å². The first-order valence-electron chi connectivity index (χ1n) is 8.13. The van der Waals surface area contributed by atoms with Crippen LogP contribution in [-0.2, 0) is 16.1 Å². The van der Waals surface area contributed by atoms with Gasteiger partial charge in [-0.2, -0.15) is 0 Å². The van der Waals surface area contributed by atoms with Gasteiger partial charge in [0, 0.05) is 18.7 Å². The van der Waals surface area contributed by atoms with E-state index >= 15 is 0 Å². The molecule has 0 bridgehead atoms. The Morgan fingerprint density at radius 2 is 2.23 bits per heavy atom. The minimum atomic E-state index is -0.394. The molecule has 1 saturated heterocycles. The molecule has 3 aromatic rings. The maximum atomic E-state index is 12.5. The molecule has 1 aliphatic rings. The van der Waals surface area contributed by atoms with Crippen molar-refractivity contribution in [2.45, 2.75) is 13.0 Å². The molecule has 1 N–H and O–H groups in total. The number of amides is 2. The highest BCUT2D eigenvalue weighted by molar-refractivity contribution is 5.97. The van der Waals surface area contributed by atoms with Crippen LogP contribution in [0.15, 0.2) is 53.4 Å². The van der Waals surface area contributed by atoms with E-state index in [0.29, 0.717) is 24.5 Å². The van der Waals surface area contributed by atoms with E-state index in [1.807, 2.05) is 12.1 Å². The Hall–Kier alpha value is -3.49. The maximum absolute atomic E-state index is 12.5. The number of tetrazole rings is 1. The Labute approximate surface area is 148 Å². The smallest absolute Gasteiger partial charge is 0.229 e. The van der Waals surface area contributed by atoms with Gasteiger partial charge in [0.25, 0.3) is 0 Å². The fraction of sp³-hybridized carbons (Fsp3) is 0.235. The van der Waals surface area contributed by atoms with Crippen molar-refractivity contribution >= 4 is 17.5 Å². The predicted molar refractivity (Wildman–Crippen MR) is 90.0 cm³/mol. The molecule has 2 aromatic heterocycles. The number of aromatic nitrogens is 4. The zero-order valence-corrected chi connectivity index (χ0v) is 13.8. The topological polar surface area (TPSA) is 106 Å². The van der Waals surface area contributed by atoms with Crippen LogP contribution in [0, 0.1) is 5.92 Å². The van der Waals surface area contributed by atoms with Crippen LogP contribution in [0.4, 0.5) is 5.69 Å². The van der Waals surface area contributed by atoms with E-state index < -0.39 is 5.92 Å². The number of hydrogen-bond donors (Lipinski definition) is 1. The molecule has 0 spiro atoms. The maximum Gasteiger partial charge on any atom is 0.229 e. The number of carbonyl (C=O) groups is 2. The van der Waals surface area contributed by atoms with Crippen molar-refractivity contribution in [3.8, 4) is 5.69 Å². The second-order valence-electron chi connectivity index (χ2n) is 6.05. The highest BCUT2D eigenvalue weighted by Gasteiger charge is 2.34. The van der Waals surface area contributed by atoms with Crippen molar-refractivity contribution in [2.75, 3.05) is 11.9 Å². The number of nitrogens with zero attached hydrogens (tertiary/aromatic N) is 5. The first-order valence-corrected chi connectivity index (χ1v) is 8.13. The van der Waals surface area contributed by atoms with Crippen LogP contribution in [0.5, 0.6) is 0 Å². The summed E-state index contributed by atoms with van der Waals surface area (Å²) in [7, 11) is 0. The number of furan rings is 1. The van der Waals surface area contributed by atoms with Crippen molar-refractivity contribution in [2.24, 2.45) is 5.92 Å². The van der Waals surface area contributed by atoms with Gasteiger partial charge >= 0.3 is 0 Å². The van der Waals surface area contributed by atoms with Crippen molar-refractivity contribution in [3.05, 3.63) is 54.7 Å². The van der Waals surface area contributed by atoms with E-state index in [0.717, 1.165) is 5.69 Å². The molecule has 4 rings (SSSR count). The highest BCUT2D eigenvalue weighted by Crippen LogP contribution is 2.22. The first-order chi connectivity index (χ1) is 12.7. The van der Waals surface area contributed by atoms with E-state index in [9.17, 15) is 9.59 Å². The molecule has 0 unspecified atom stereocenters. The van der Waals surface area contributed by atoms with Gasteiger partial charge < -0.3 is 14.6 Å². The highest BCUT2D eigenvalue weighted by atomic mass is 16.3. The van der Waals surface area contributed by atoms with Crippen molar-refractivity contribution < 1.29 is 14.0 Å². The molecule has 26 heavy (non-hydrogen) atoms. The third kappa shape index (κ3) is 3.32. The SMILES string of the molecule is O=C(Nc1cccc(-n2cnnn2)c1)[C@H]1CC(=O)N(Cc2ccco2)C1. The van der Waals surface area contributed by atoms with Crippen molar-refractivity contribution in [3.63, 3.8) is 0 Å². The fourth-order valence-corrected chi connectivity index (χ4v) is 2.94. The Kier molecular flexibility index (Phi) is 4.18. The lowest BCUT2D eigenvalue weighted by Crippen LogP contribution is -2.27. The zero-order chi connectivity index (χ0) is 17.9. The normalized spacial score (nSPS) is 16.8. The summed E-state index contributed by atoms with van der Waals surface area (Å²) in [6, 6.07) is 10.8. The van der Waals surface area contributed by atoms with Gasteiger partial charge in [0.15, 0.2) is 0 Å². The van der Waals surface area contributed by atoms with Crippen LogP contribution in [0.1, 0.15) is 12.2 Å². The van der Waals surface area contributed by atoms with Crippen molar-refractivity contribution in [1.29, 1.82) is 0 Å². The summed E-state index contributed by atoms with van der Waals surface area (Å²) < 4.78 is 6.77. The average molecular weight is 352 g/mol. The Bertz CT molecular complexity index is 906.